The summed E-state index contributed by atoms with van der Waals surface area (Å²) in [6.45, 7) is 0. The van der Waals surface area contributed by atoms with Crippen molar-refractivity contribution in [2.45, 2.75) is 0 Å². The molecule has 0 unspecified atom stereocenters. The van der Waals surface area contributed by atoms with E-state index in [9.17, 15) is 0 Å². The van der Waals surface area contributed by atoms with Crippen LogP contribution in [0.5, 0.6) is 11.5 Å². The number of nitrogens with zero attached hydrogens (tertiary/aromatic N) is 2. The van der Waals surface area contributed by atoms with E-state index in [2.05, 4.69) is 9.97 Å². The minimum Gasteiger partial charge on any atom is -0.524 e. The Morgan fingerprint density at radius 2 is 1.35 bits per heavy atom. The van der Waals surface area contributed by atoms with Gasteiger partial charge in [0, 0.05) is 12.4 Å². The van der Waals surface area contributed by atoms with Gasteiger partial charge in [0.25, 0.3) is 0 Å². The fraction of sp³-hybridized carbons (Fsp3) is 0. The lowest BCUT2D eigenvalue weighted by Crippen LogP contribution is -2.11. The summed E-state index contributed by atoms with van der Waals surface area (Å²) < 4.78 is 10.3. The van der Waals surface area contributed by atoms with Gasteiger partial charge in [-0.3, -0.25) is 0 Å². The lowest BCUT2D eigenvalue weighted by atomic mass is 10.3. The van der Waals surface area contributed by atoms with Gasteiger partial charge in [0.1, 0.15) is 11.5 Å². The van der Waals surface area contributed by atoms with Gasteiger partial charge < -0.3 is 9.31 Å². The molecule has 0 atom stereocenters. The number of hydrogen-bond donors (Lipinski definition) is 0. The molecular formula is C10H6BCl2N2O2. The van der Waals surface area contributed by atoms with Crippen molar-refractivity contribution in [2.75, 3.05) is 0 Å². The van der Waals surface area contributed by atoms with Crippen molar-refractivity contribution < 1.29 is 9.31 Å². The third kappa shape index (κ3) is 3.25. The van der Waals surface area contributed by atoms with Crippen molar-refractivity contribution in [2.24, 2.45) is 0 Å². The Labute approximate surface area is 109 Å². The topological polar surface area (TPSA) is 44.2 Å². The van der Waals surface area contributed by atoms with Crippen molar-refractivity contribution in [1.82, 2.24) is 9.97 Å². The van der Waals surface area contributed by atoms with Gasteiger partial charge in [0.15, 0.2) is 10.3 Å². The zero-order valence-electron chi connectivity index (χ0n) is 8.51. The molecule has 0 amide bonds. The molecule has 85 valence electrons. The standard InChI is InChI=1S/C10H6BCl2N2O2/c12-9-7(3-1-5-14-9)16-11-17-8-4-2-6-15-10(8)13/h1-6H. The first-order valence-corrected chi connectivity index (χ1v) is 5.39. The number of hydrogen-bond acceptors (Lipinski definition) is 4. The van der Waals surface area contributed by atoms with Crippen LogP contribution in [0.15, 0.2) is 36.7 Å². The summed E-state index contributed by atoms with van der Waals surface area (Å²) in [4.78, 5) is 7.70. The van der Waals surface area contributed by atoms with E-state index in [0.29, 0.717) is 11.5 Å². The van der Waals surface area contributed by atoms with Gasteiger partial charge in [0.05, 0.1) is 0 Å². The summed E-state index contributed by atoms with van der Waals surface area (Å²) in [5, 5.41) is 0.509. The van der Waals surface area contributed by atoms with Crippen LogP contribution in [0.4, 0.5) is 0 Å². The van der Waals surface area contributed by atoms with Crippen LogP contribution in [-0.4, -0.2) is 17.7 Å². The Bertz CT molecular complexity index is 468. The van der Waals surface area contributed by atoms with Crippen LogP contribution in [0.1, 0.15) is 0 Å². The Morgan fingerprint density at radius 1 is 0.882 bits per heavy atom. The monoisotopic (exact) mass is 267 g/mol. The highest BCUT2D eigenvalue weighted by Gasteiger charge is 2.07. The summed E-state index contributed by atoms with van der Waals surface area (Å²) in [6.07, 6.45) is 3.13. The Kier molecular flexibility index (Phi) is 4.06. The molecule has 1 radical (unpaired) electrons. The van der Waals surface area contributed by atoms with E-state index in [0.717, 1.165) is 7.69 Å². The molecule has 0 aliphatic carbocycles. The van der Waals surface area contributed by atoms with Crippen molar-refractivity contribution >= 4 is 30.9 Å². The molecule has 4 nitrogen and oxygen atoms in total. The van der Waals surface area contributed by atoms with Gasteiger partial charge in [-0.2, -0.15) is 0 Å². The van der Waals surface area contributed by atoms with Crippen LogP contribution < -0.4 is 9.31 Å². The molecule has 0 bridgehead atoms. The number of rotatable bonds is 4. The maximum absolute atomic E-state index is 5.79. The second kappa shape index (κ2) is 5.75. The molecule has 0 aromatic carbocycles. The van der Waals surface area contributed by atoms with E-state index in [4.69, 9.17) is 32.5 Å². The van der Waals surface area contributed by atoms with Gasteiger partial charge in [-0.25, -0.2) is 9.97 Å². The first kappa shape index (κ1) is 12.0. The van der Waals surface area contributed by atoms with Gasteiger partial charge >= 0.3 is 7.69 Å². The van der Waals surface area contributed by atoms with Crippen LogP contribution in [0.3, 0.4) is 0 Å². The molecule has 0 aliphatic heterocycles. The predicted octanol–water partition coefficient (Wildman–Crippen LogP) is 2.78. The first-order valence-electron chi connectivity index (χ1n) is 4.63. The number of pyridine rings is 2. The molecule has 17 heavy (non-hydrogen) atoms. The van der Waals surface area contributed by atoms with Crippen molar-refractivity contribution in [1.29, 1.82) is 0 Å². The molecule has 0 saturated heterocycles. The van der Waals surface area contributed by atoms with Crippen LogP contribution in [0.2, 0.25) is 10.3 Å². The summed E-state index contributed by atoms with van der Waals surface area (Å²) in [5.41, 5.74) is 0. The van der Waals surface area contributed by atoms with E-state index >= 15 is 0 Å². The summed E-state index contributed by atoms with van der Waals surface area (Å²) in [7, 11) is 1.12. The van der Waals surface area contributed by atoms with E-state index < -0.39 is 0 Å². The highest BCUT2D eigenvalue weighted by atomic mass is 35.5. The smallest absolute Gasteiger partial charge is 0.524 e. The third-order valence-corrected chi connectivity index (χ3v) is 2.37. The second-order valence-corrected chi connectivity index (χ2v) is 3.63. The molecule has 2 aromatic heterocycles. The third-order valence-electron chi connectivity index (χ3n) is 1.80. The Balaban J connectivity index is 1.93. The lowest BCUT2D eigenvalue weighted by Gasteiger charge is -2.07. The average Bonchev–Trinajstić information content (AvgIpc) is 2.34. The molecule has 0 N–H and O–H groups in total. The van der Waals surface area contributed by atoms with Crippen molar-refractivity contribution in [3.05, 3.63) is 47.0 Å². The van der Waals surface area contributed by atoms with E-state index in [1.165, 1.54) is 0 Å². The van der Waals surface area contributed by atoms with Crippen LogP contribution in [-0.2, 0) is 0 Å². The van der Waals surface area contributed by atoms with Crippen molar-refractivity contribution in [3.63, 3.8) is 0 Å². The van der Waals surface area contributed by atoms with Crippen LogP contribution in [0.25, 0.3) is 0 Å². The van der Waals surface area contributed by atoms with Gasteiger partial charge in [-0.1, -0.05) is 23.2 Å². The van der Waals surface area contributed by atoms with E-state index in [-0.39, 0.29) is 10.3 Å². The molecule has 2 aromatic rings. The zero-order valence-corrected chi connectivity index (χ0v) is 10.0. The minimum atomic E-state index is 0.254. The molecule has 0 fully saturated rings. The Hall–Kier alpha value is -1.46. The first-order chi connectivity index (χ1) is 8.27. The van der Waals surface area contributed by atoms with Gasteiger partial charge in [-0.05, 0) is 24.3 Å². The molecule has 0 spiro atoms. The lowest BCUT2D eigenvalue weighted by molar-refractivity contribution is 0.457. The van der Waals surface area contributed by atoms with Crippen LogP contribution >= 0.6 is 23.2 Å². The molecular weight excluding hydrogens is 262 g/mol. The van der Waals surface area contributed by atoms with Gasteiger partial charge in [-0.15, -0.1) is 0 Å². The minimum absolute atomic E-state index is 0.254. The highest BCUT2D eigenvalue weighted by Crippen LogP contribution is 2.22. The molecule has 0 saturated carbocycles. The fourth-order valence-corrected chi connectivity index (χ4v) is 1.37. The molecule has 0 aliphatic rings. The van der Waals surface area contributed by atoms with E-state index in [1.807, 2.05) is 0 Å². The number of halogens is 2. The average molecular weight is 268 g/mol. The SMILES string of the molecule is Clc1ncccc1O[B]Oc1cccnc1Cl. The van der Waals surface area contributed by atoms with Crippen molar-refractivity contribution in [3.8, 4) is 11.5 Å². The molecule has 7 heteroatoms. The summed E-state index contributed by atoms with van der Waals surface area (Å²) >= 11 is 11.6. The van der Waals surface area contributed by atoms with Gasteiger partial charge in [0.2, 0.25) is 0 Å². The second-order valence-electron chi connectivity index (χ2n) is 2.92. The zero-order chi connectivity index (χ0) is 12.1. The highest BCUT2D eigenvalue weighted by molar-refractivity contribution is 6.32. The molecule has 2 heterocycles. The Morgan fingerprint density at radius 3 is 1.76 bits per heavy atom. The largest absolute Gasteiger partial charge is 0.658 e. The summed E-state index contributed by atoms with van der Waals surface area (Å²) in [5.74, 6) is 0.795. The maximum Gasteiger partial charge on any atom is 0.658 e. The maximum atomic E-state index is 5.79. The number of aromatic nitrogens is 2. The quantitative estimate of drug-likeness (QED) is 0.631. The summed E-state index contributed by atoms with van der Waals surface area (Å²) in [6, 6.07) is 6.73. The fourth-order valence-electron chi connectivity index (χ4n) is 1.05. The van der Waals surface area contributed by atoms with E-state index in [1.54, 1.807) is 36.7 Å². The normalized spacial score (nSPS) is 9.76. The predicted molar refractivity (Wildman–Crippen MR) is 65.5 cm³/mol. The molecule has 2 rings (SSSR count). The van der Waals surface area contributed by atoms with Crippen LogP contribution in [0, 0.1) is 0 Å².